The van der Waals surface area contributed by atoms with Crippen molar-refractivity contribution in [3.05, 3.63) is 61.7 Å². The molecule has 0 aliphatic rings. The molecule has 2 rings (SSSR count). The fourth-order valence-electron chi connectivity index (χ4n) is 2.96. The van der Waals surface area contributed by atoms with Crippen molar-refractivity contribution in [1.29, 1.82) is 0 Å². The molecule has 8 nitrogen and oxygen atoms in total. The normalized spacial score (nSPS) is 12.8. The number of rotatable bonds is 11. The third-order valence-electron chi connectivity index (χ3n) is 4.79. The van der Waals surface area contributed by atoms with E-state index in [-0.39, 0.29) is 11.7 Å². The molecular weight excluding hydrogens is 432 g/mol. The van der Waals surface area contributed by atoms with Crippen LogP contribution in [0.25, 0.3) is 6.08 Å². The van der Waals surface area contributed by atoms with Crippen LogP contribution < -0.4 is 10.9 Å². The minimum atomic E-state index is -1.15. The number of thiazole rings is 1. The summed E-state index contributed by atoms with van der Waals surface area (Å²) < 4.78 is 5.31. The molecule has 0 bridgehead atoms. The molecule has 2 heterocycles. The highest BCUT2D eigenvalue weighted by Crippen LogP contribution is 2.26. The highest BCUT2D eigenvalue weighted by atomic mass is 32.1. The summed E-state index contributed by atoms with van der Waals surface area (Å²) in [7, 11) is 0. The molecule has 1 amide bonds. The van der Waals surface area contributed by atoms with Crippen molar-refractivity contribution in [1.82, 2.24) is 10.3 Å². The smallest absolute Gasteiger partial charge is 0.408 e. The highest BCUT2D eigenvalue weighted by molar-refractivity contribution is 7.12. The first-order valence-electron chi connectivity index (χ1n) is 10.4. The van der Waals surface area contributed by atoms with Gasteiger partial charge in [-0.2, -0.15) is 0 Å². The van der Waals surface area contributed by atoms with Gasteiger partial charge in [0.15, 0.2) is 5.78 Å². The topological polar surface area (TPSA) is 130 Å². The summed E-state index contributed by atoms with van der Waals surface area (Å²) in [5.74, 6) is -0.977. The lowest BCUT2D eigenvalue weighted by Gasteiger charge is -2.11. The number of carbonyl (C=O) groups is 2. The number of hydrogen-bond acceptors (Lipinski definition) is 7. The van der Waals surface area contributed by atoms with E-state index in [9.17, 15) is 19.5 Å². The Hall–Kier alpha value is -3.20. The van der Waals surface area contributed by atoms with Crippen LogP contribution in [-0.4, -0.2) is 27.1 Å². The minimum Gasteiger partial charge on any atom is -0.507 e. The van der Waals surface area contributed by atoms with E-state index in [1.807, 2.05) is 6.92 Å². The van der Waals surface area contributed by atoms with Crippen LogP contribution in [0.3, 0.4) is 0 Å². The van der Waals surface area contributed by atoms with Gasteiger partial charge >= 0.3 is 11.7 Å². The number of hydrogen-bond donors (Lipinski definition) is 3. The molecule has 0 radical (unpaired) electrons. The summed E-state index contributed by atoms with van der Waals surface area (Å²) in [4.78, 5) is 40.8. The molecule has 1 atom stereocenters. The fraction of sp³-hybridized carbons (Fsp3) is 0.391. The molecular formula is C23H28N2O6S. The van der Waals surface area contributed by atoms with Crippen LogP contribution in [-0.2, 0) is 6.42 Å². The van der Waals surface area contributed by atoms with E-state index in [1.165, 1.54) is 23.6 Å². The molecule has 1 unspecified atom stereocenters. The van der Waals surface area contributed by atoms with E-state index in [4.69, 9.17) is 9.52 Å². The van der Waals surface area contributed by atoms with Crippen LogP contribution in [0.15, 0.2) is 39.3 Å². The second kappa shape index (κ2) is 12.0. The molecule has 172 valence electrons. The van der Waals surface area contributed by atoms with Crippen molar-refractivity contribution in [3.8, 4) is 5.75 Å². The van der Waals surface area contributed by atoms with Gasteiger partial charge in [0.05, 0.1) is 5.01 Å². The van der Waals surface area contributed by atoms with E-state index in [1.54, 1.807) is 25.3 Å². The van der Waals surface area contributed by atoms with Crippen molar-refractivity contribution in [2.45, 2.75) is 58.8 Å². The summed E-state index contributed by atoms with van der Waals surface area (Å²) in [6.45, 7) is 5.50. The molecule has 0 fully saturated rings. The van der Waals surface area contributed by atoms with Crippen LogP contribution in [0, 0.1) is 0 Å². The summed E-state index contributed by atoms with van der Waals surface area (Å²) >= 11 is 1.49. The van der Waals surface area contributed by atoms with Crippen molar-refractivity contribution in [3.63, 3.8) is 0 Å². The van der Waals surface area contributed by atoms with Gasteiger partial charge in [-0.15, -0.1) is 11.3 Å². The third-order valence-corrected chi connectivity index (χ3v) is 5.79. The van der Waals surface area contributed by atoms with Crippen LogP contribution >= 0.6 is 11.3 Å². The van der Waals surface area contributed by atoms with Crippen molar-refractivity contribution in [2.24, 2.45) is 0 Å². The van der Waals surface area contributed by atoms with E-state index >= 15 is 0 Å². The number of nitrogens with zero attached hydrogens (tertiary/aromatic N) is 1. The van der Waals surface area contributed by atoms with Crippen LogP contribution in [0.4, 0.5) is 4.79 Å². The molecule has 0 saturated heterocycles. The Kier molecular flexibility index (Phi) is 9.39. The van der Waals surface area contributed by atoms with Gasteiger partial charge in [-0.25, -0.2) is 14.6 Å². The summed E-state index contributed by atoms with van der Waals surface area (Å²) in [6.07, 6.45) is 9.25. The number of aromatic nitrogens is 1. The van der Waals surface area contributed by atoms with Gasteiger partial charge in [0.25, 0.3) is 0 Å². The highest BCUT2D eigenvalue weighted by Gasteiger charge is 2.22. The first-order chi connectivity index (χ1) is 15.2. The average Bonchev–Trinajstić information content (AvgIpc) is 3.18. The van der Waals surface area contributed by atoms with Crippen LogP contribution in [0.2, 0.25) is 0 Å². The Morgan fingerprint density at radius 3 is 2.78 bits per heavy atom. The first-order valence-corrected chi connectivity index (χ1v) is 11.2. The van der Waals surface area contributed by atoms with Gasteiger partial charge in [0.2, 0.25) is 0 Å². The van der Waals surface area contributed by atoms with Crippen molar-refractivity contribution in [2.75, 3.05) is 0 Å². The second-order valence-electron chi connectivity index (χ2n) is 7.44. The van der Waals surface area contributed by atoms with Crippen molar-refractivity contribution < 1.29 is 24.2 Å². The Labute approximate surface area is 190 Å². The number of ketones is 1. The third kappa shape index (κ3) is 7.19. The monoisotopic (exact) mass is 460 g/mol. The molecule has 0 aliphatic heterocycles. The predicted octanol–water partition coefficient (Wildman–Crippen LogP) is 5.10. The lowest BCUT2D eigenvalue weighted by atomic mass is 10.00. The Morgan fingerprint density at radius 1 is 1.38 bits per heavy atom. The SMILES string of the molecule is CCCCc1ncc(/C=C(\C)C(=O)c2c(O)cc(C(C)CC/C=C/NC(=O)O)oc2=O)s1. The number of Topliss-reactive ketones (excluding diaryl/α,β-unsaturated/α-hetero) is 1. The van der Waals surface area contributed by atoms with Gasteiger partial charge in [-0.05, 0) is 44.3 Å². The van der Waals surface area contributed by atoms with Crippen LogP contribution in [0.1, 0.15) is 78.4 Å². The zero-order chi connectivity index (χ0) is 23.7. The number of carboxylic acid groups (broad SMARTS) is 1. The van der Waals surface area contributed by atoms with E-state index in [2.05, 4.69) is 17.2 Å². The number of amides is 1. The summed E-state index contributed by atoms with van der Waals surface area (Å²) in [5, 5.41) is 22.0. The second-order valence-corrected chi connectivity index (χ2v) is 8.59. The maximum Gasteiger partial charge on any atom is 0.408 e. The van der Waals surface area contributed by atoms with E-state index in [0.29, 0.717) is 18.4 Å². The number of carbonyl (C=O) groups excluding carboxylic acids is 1. The summed E-state index contributed by atoms with van der Waals surface area (Å²) in [6, 6.07) is 1.29. The maximum absolute atomic E-state index is 12.8. The molecule has 2 aromatic heterocycles. The van der Waals surface area contributed by atoms with Gasteiger partial charge in [0.1, 0.15) is 17.1 Å². The molecule has 0 saturated carbocycles. The Bertz CT molecular complexity index is 1070. The Balaban J connectivity index is 2.12. The average molecular weight is 461 g/mol. The number of allylic oxidation sites excluding steroid dienone is 2. The molecule has 0 aromatic carbocycles. The minimum absolute atomic E-state index is 0.220. The number of unbranched alkanes of at least 4 members (excludes halogenated alkanes) is 1. The van der Waals surface area contributed by atoms with Gasteiger partial charge < -0.3 is 14.6 Å². The standard InChI is InChI=1S/C23H28N2O6S/c1-4-5-9-19-25-13-16(32-19)11-15(3)21(27)20-17(26)12-18(31-22(20)28)14(2)8-6-7-10-24-23(29)30/h7,10-14,24,26H,4-6,8-9H2,1-3H3,(H,29,30)/b10-7+,15-11+. The van der Waals surface area contributed by atoms with Crippen molar-refractivity contribution >= 4 is 29.3 Å². The number of nitrogens with one attached hydrogen (secondary N) is 1. The van der Waals surface area contributed by atoms with Crippen LogP contribution in [0.5, 0.6) is 5.75 Å². The fourth-order valence-corrected chi connectivity index (χ4v) is 3.93. The van der Waals surface area contributed by atoms with E-state index in [0.717, 1.165) is 29.1 Å². The lowest BCUT2D eigenvalue weighted by Crippen LogP contribution is -2.16. The first kappa shape index (κ1) is 25.1. The zero-order valence-corrected chi connectivity index (χ0v) is 19.2. The Morgan fingerprint density at radius 2 is 2.12 bits per heavy atom. The van der Waals surface area contributed by atoms with Gasteiger partial charge in [-0.3, -0.25) is 10.1 Å². The lowest BCUT2D eigenvalue weighted by molar-refractivity contribution is 0.102. The largest absolute Gasteiger partial charge is 0.507 e. The molecule has 9 heteroatoms. The molecule has 3 N–H and O–H groups in total. The molecule has 32 heavy (non-hydrogen) atoms. The van der Waals surface area contributed by atoms with Gasteiger partial charge in [-0.1, -0.05) is 26.3 Å². The van der Waals surface area contributed by atoms with E-state index < -0.39 is 28.8 Å². The molecule has 0 spiro atoms. The number of aromatic hydroxyl groups is 1. The van der Waals surface area contributed by atoms with Gasteiger partial charge in [0, 0.05) is 29.3 Å². The molecule has 2 aromatic rings. The quantitative estimate of drug-likeness (QED) is 0.314. The zero-order valence-electron chi connectivity index (χ0n) is 18.4. The predicted molar refractivity (Wildman–Crippen MR) is 123 cm³/mol. The maximum atomic E-state index is 12.8. The number of aryl methyl sites for hydroxylation is 1. The summed E-state index contributed by atoms with van der Waals surface area (Å²) in [5.41, 5.74) is -0.980. The molecule has 0 aliphatic carbocycles.